The predicted octanol–water partition coefficient (Wildman–Crippen LogP) is 2.70. The van der Waals surface area contributed by atoms with Crippen LogP contribution in [0.25, 0.3) is 0 Å². The van der Waals surface area contributed by atoms with Gasteiger partial charge in [-0.25, -0.2) is 8.42 Å². The fourth-order valence-corrected chi connectivity index (χ4v) is 4.12. The van der Waals surface area contributed by atoms with Gasteiger partial charge >= 0.3 is 0 Å². The van der Waals surface area contributed by atoms with E-state index < -0.39 is 9.84 Å². The van der Waals surface area contributed by atoms with E-state index in [1.165, 1.54) is 45.2 Å². The van der Waals surface area contributed by atoms with Gasteiger partial charge in [0.05, 0.1) is 4.90 Å². The Labute approximate surface area is 177 Å². The Morgan fingerprint density at radius 3 is 2.45 bits per heavy atom. The molecule has 1 fully saturated rings. The van der Waals surface area contributed by atoms with Gasteiger partial charge in [0.25, 0.3) is 0 Å². The smallest absolute Gasteiger partial charge is 0.191 e. The Kier molecular flexibility index (Phi) is 9.94. The largest absolute Gasteiger partial charge is 0.357 e. The van der Waals surface area contributed by atoms with E-state index >= 15 is 0 Å². The van der Waals surface area contributed by atoms with Crippen LogP contribution in [-0.4, -0.2) is 64.8 Å². The Morgan fingerprint density at radius 2 is 1.83 bits per heavy atom. The van der Waals surface area contributed by atoms with Crippen LogP contribution in [0, 0.1) is 5.92 Å². The fourth-order valence-electron chi connectivity index (χ4n) is 3.49. The van der Waals surface area contributed by atoms with Gasteiger partial charge in [0.1, 0.15) is 0 Å². The molecule has 7 heteroatoms. The van der Waals surface area contributed by atoms with Crippen molar-refractivity contribution in [3.63, 3.8) is 0 Å². The van der Waals surface area contributed by atoms with E-state index in [1.807, 2.05) is 12.1 Å². The van der Waals surface area contributed by atoms with Crippen LogP contribution >= 0.6 is 0 Å². The summed E-state index contributed by atoms with van der Waals surface area (Å²) in [5.74, 6) is 1.74. The van der Waals surface area contributed by atoms with Crippen molar-refractivity contribution < 1.29 is 8.42 Å². The summed E-state index contributed by atoms with van der Waals surface area (Å²) in [6.45, 7) is 10.5. The van der Waals surface area contributed by atoms with Crippen molar-refractivity contribution in [2.45, 2.75) is 50.8 Å². The maximum absolute atomic E-state index is 11.5. The molecule has 6 nitrogen and oxygen atoms in total. The van der Waals surface area contributed by atoms with E-state index in [1.54, 1.807) is 12.1 Å². The number of nitrogens with zero attached hydrogens (tertiary/aromatic N) is 2. The lowest BCUT2D eigenvalue weighted by atomic mass is 9.99. The molecule has 164 valence electrons. The third-order valence-corrected chi connectivity index (χ3v) is 6.56. The fraction of sp³-hybridized carbons (Fsp3) is 0.682. The van der Waals surface area contributed by atoms with Gasteiger partial charge in [-0.15, -0.1) is 0 Å². The number of rotatable bonds is 10. The SMILES string of the molecule is CCNC(=NCCCCN1CCC(C)CC1)NCCc1ccc(S(C)(=O)=O)cc1. The first-order valence-corrected chi connectivity index (χ1v) is 12.8. The van der Waals surface area contributed by atoms with E-state index in [-0.39, 0.29) is 0 Å². The van der Waals surface area contributed by atoms with Gasteiger partial charge in [0, 0.05) is 25.9 Å². The molecule has 0 aliphatic carbocycles. The van der Waals surface area contributed by atoms with Crippen LogP contribution in [0.15, 0.2) is 34.2 Å². The highest BCUT2D eigenvalue weighted by Crippen LogP contribution is 2.16. The lowest BCUT2D eigenvalue weighted by molar-refractivity contribution is 0.190. The Morgan fingerprint density at radius 1 is 1.14 bits per heavy atom. The molecular weight excluding hydrogens is 384 g/mol. The Bertz CT molecular complexity index is 724. The number of piperidine rings is 1. The van der Waals surface area contributed by atoms with Crippen molar-refractivity contribution in [2.75, 3.05) is 45.5 Å². The zero-order valence-corrected chi connectivity index (χ0v) is 19.1. The van der Waals surface area contributed by atoms with Crippen LogP contribution in [0.1, 0.15) is 45.1 Å². The highest BCUT2D eigenvalue weighted by atomic mass is 32.2. The second-order valence-corrected chi connectivity index (χ2v) is 10.1. The van der Waals surface area contributed by atoms with Crippen LogP contribution in [-0.2, 0) is 16.3 Å². The van der Waals surface area contributed by atoms with E-state index in [2.05, 4.69) is 34.4 Å². The van der Waals surface area contributed by atoms with Crippen molar-refractivity contribution in [3.8, 4) is 0 Å². The topological polar surface area (TPSA) is 73.8 Å². The molecule has 1 aliphatic heterocycles. The van der Waals surface area contributed by atoms with Crippen molar-refractivity contribution >= 4 is 15.8 Å². The molecule has 1 aliphatic rings. The molecule has 29 heavy (non-hydrogen) atoms. The van der Waals surface area contributed by atoms with Crippen LogP contribution in [0.3, 0.4) is 0 Å². The zero-order chi connectivity index (χ0) is 21.1. The highest BCUT2D eigenvalue weighted by molar-refractivity contribution is 7.90. The van der Waals surface area contributed by atoms with Crippen LogP contribution in [0.4, 0.5) is 0 Å². The molecule has 0 unspecified atom stereocenters. The van der Waals surface area contributed by atoms with Gasteiger partial charge in [0.2, 0.25) is 0 Å². The van der Waals surface area contributed by atoms with E-state index in [4.69, 9.17) is 0 Å². The first kappa shape index (κ1) is 23.7. The average molecular weight is 423 g/mol. The number of hydrogen-bond acceptors (Lipinski definition) is 4. The molecule has 0 spiro atoms. The number of unbranched alkanes of at least 4 members (excludes halogenated alkanes) is 1. The average Bonchev–Trinajstić information content (AvgIpc) is 2.69. The van der Waals surface area contributed by atoms with Crippen LogP contribution in [0.2, 0.25) is 0 Å². The van der Waals surface area contributed by atoms with Gasteiger partial charge in [-0.3, -0.25) is 4.99 Å². The first-order valence-electron chi connectivity index (χ1n) is 10.9. The summed E-state index contributed by atoms with van der Waals surface area (Å²) in [4.78, 5) is 7.63. The summed E-state index contributed by atoms with van der Waals surface area (Å²) in [6, 6.07) is 7.10. The third kappa shape index (κ3) is 9.17. The quantitative estimate of drug-likeness (QED) is 0.345. The van der Waals surface area contributed by atoms with Gasteiger partial charge in [-0.2, -0.15) is 0 Å². The van der Waals surface area contributed by atoms with Crippen LogP contribution < -0.4 is 10.6 Å². The molecule has 2 rings (SSSR count). The summed E-state index contributed by atoms with van der Waals surface area (Å²) in [5.41, 5.74) is 1.11. The highest BCUT2D eigenvalue weighted by Gasteiger charge is 2.14. The maximum Gasteiger partial charge on any atom is 0.191 e. The first-order chi connectivity index (χ1) is 13.9. The molecule has 0 atom stereocenters. The molecule has 1 aromatic carbocycles. The zero-order valence-electron chi connectivity index (χ0n) is 18.3. The number of guanidine groups is 1. The van der Waals surface area contributed by atoms with Crippen LogP contribution in [0.5, 0.6) is 0 Å². The van der Waals surface area contributed by atoms with Gasteiger partial charge in [-0.1, -0.05) is 19.1 Å². The summed E-state index contributed by atoms with van der Waals surface area (Å²) in [7, 11) is -3.13. The molecule has 1 saturated heterocycles. The van der Waals surface area contributed by atoms with Gasteiger partial charge in [0.15, 0.2) is 15.8 Å². The lowest BCUT2D eigenvalue weighted by Crippen LogP contribution is -2.38. The van der Waals surface area contributed by atoms with Crippen molar-refractivity contribution in [2.24, 2.45) is 10.9 Å². The molecule has 0 aromatic heterocycles. The van der Waals surface area contributed by atoms with Crippen molar-refractivity contribution in [1.82, 2.24) is 15.5 Å². The van der Waals surface area contributed by atoms with Crippen molar-refractivity contribution in [3.05, 3.63) is 29.8 Å². The summed E-state index contributed by atoms with van der Waals surface area (Å²) in [5, 5.41) is 6.66. The molecule has 0 bridgehead atoms. The standard InChI is InChI=1S/C22H38N4O2S/c1-4-23-22(24-14-5-6-16-26-17-12-19(2)13-18-26)25-15-11-20-7-9-21(10-8-20)29(3,27)28/h7-10,19H,4-6,11-18H2,1-3H3,(H2,23,24,25). The molecule has 1 aromatic rings. The number of nitrogens with one attached hydrogen (secondary N) is 2. The number of hydrogen-bond donors (Lipinski definition) is 2. The van der Waals surface area contributed by atoms with Gasteiger partial charge < -0.3 is 15.5 Å². The second kappa shape index (κ2) is 12.2. The lowest BCUT2D eigenvalue weighted by Gasteiger charge is -2.30. The van der Waals surface area contributed by atoms with Crippen molar-refractivity contribution in [1.29, 1.82) is 0 Å². The van der Waals surface area contributed by atoms with Gasteiger partial charge in [-0.05, 0) is 82.3 Å². The summed E-state index contributed by atoms with van der Waals surface area (Å²) in [6.07, 6.45) is 7.03. The second-order valence-electron chi connectivity index (χ2n) is 8.08. The molecular formula is C22H38N4O2S. The van der Waals surface area contributed by atoms with E-state index in [9.17, 15) is 8.42 Å². The molecule has 0 radical (unpaired) electrons. The number of sulfone groups is 1. The third-order valence-electron chi connectivity index (χ3n) is 5.43. The molecule has 0 amide bonds. The predicted molar refractivity (Wildman–Crippen MR) is 121 cm³/mol. The molecule has 1 heterocycles. The minimum absolute atomic E-state index is 0.364. The Hall–Kier alpha value is -1.60. The van der Waals surface area contributed by atoms with E-state index in [0.29, 0.717) is 4.90 Å². The van der Waals surface area contributed by atoms with E-state index in [0.717, 1.165) is 49.9 Å². The number of benzene rings is 1. The minimum Gasteiger partial charge on any atom is -0.357 e. The normalized spacial score (nSPS) is 16.7. The molecule has 2 N–H and O–H groups in total. The molecule has 0 saturated carbocycles. The monoisotopic (exact) mass is 422 g/mol. The number of likely N-dealkylation sites (tertiary alicyclic amines) is 1. The summed E-state index contributed by atoms with van der Waals surface area (Å²) >= 11 is 0. The Balaban J connectivity index is 1.67. The number of aliphatic imine (C=N–C) groups is 1. The summed E-state index contributed by atoms with van der Waals surface area (Å²) < 4.78 is 23.1. The maximum atomic E-state index is 11.5. The minimum atomic E-state index is -3.13.